The van der Waals surface area contributed by atoms with Crippen LogP contribution in [0.15, 0.2) is 40.1 Å². The van der Waals surface area contributed by atoms with E-state index in [1.165, 1.54) is 18.2 Å². The zero-order valence-corrected chi connectivity index (χ0v) is 19.6. The number of nitrogens with zero attached hydrogens (tertiary/aromatic N) is 2. The van der Waals surface area contributed by atoms with Crippen LogP contribution in [0.4, 0.5) is 8.78 Å². The summed E-state index contributed by atoms with van der Waals surface area (Å²) in [7, 11) is -8.26. The van der Waals surface area contributed by atoms with Gasteiger partial charge in [-0.1, -0.05) is 13.3 Å². The van der Waals surface area contributed by atoms with Crippen molar-refractivity contribution in [3.8, 4) is 11.5 Å². The van der Waals surface area contributed by atoms with E-state index in [9.17, 15) is 25.6 Å². The predicted molar refractivity (Wildman–Crippen MR) is 115 cm³/mol. The molecule has 0 unspecified atom stereocenters. The molecule has 2 aliphatic rings. The summed E-state index contributed by atoms with van der Waals surface area (Å²) in [6.07, 6.45) is 0.726. The van der Waals surface area contributed by atoms with Crippen molar-refractivity contribution in [2.75, 3.05) is 39.4 Å². The van der Waals surface area contributed by atoms with Gasteiger partial charge in [-0.15, -0.1) is 0 Å². The van der Waals surface area contributed by atoms with Crippen LogP contribution >= 0.6 is 0 Å². The topological polar surface area (TPSA) is 93.2 Å². The Labute approximate surface area is 191 Å². The Kier molecular flexibility index (Phi) is 6.63. The minimum atomic E-state index is -4.34. The summed E-state index contributed by atoms with van der Waals surface area (Å²) in [4.78, 5) is -0.725. The second-order valence-corrected chi connectivity index (χ2v) is 11.6. The molecule has 0 N–H and O–H groups in total. The fraction of sp³-hybridized carbons (Fsp3) is 0.429. The monoisotopic (exact) mass is 502 g/mol. The van der Waals surface area contributed by atoms with Crippen LogP contribution in [0, 0.1) is 11.6 Å². The first-order valence-electron chi connectivity index (χ1n) is 10.5. The minimum absolute atomic E-state index is 0.00318. The second-order valence-electron chi connectivity index (χ2n) is 7.74. The average molecular weight is 503 g/mol. The van der Waals surface area contributed by atoms with Gasteiger partial charge in [0.15, 0.2) is 11.5 Å². The van der Waals surface area contributed by atoms with Gasteiger partial charge >= 0.3 is 0 Å². The lowest BCUT2D eigenvalue weighted by Crippen LogP contribution is -2.50. The zero-order chi connectivity index (χ0) is 23.8. The number of hydrogen-bond acceptors (Lipinski definition) is 6. The van der Waals surface area contributed by atoms with Gasteiger partial charge in [0.05, 0.1) is 4.90 Å². The van der Waals surface area contributed by atoms with Gasteiger partial charge in [-0.25, -0.2) is 25.6 Å². The van der Waals surface area contributed by atoms with Crippen LogP contribution in [0.3, 0.4) is 0 Å². The maximum atomic E-state index is 14.8. The lowest BCUT2D eigenvalue weighted by atomic mass is 10.1. The average Bonchev–Trinajstić information content (AvgIpc) is 2.81. The maximum absolute atomic E-state index is 14.8. The largest absolute Gasteiger partial charge is 0.486 e. The number of piperazine rings is 1. The smallest absolute Gasteiger partial charge is 0.246 e. The molecule has 2 aromatic carbocycles. The van der Waals surface area contributed by atoms with Gasteiger partial charge in [-0.2, -0.15) is 8.61 Å². The molecule has 12 heteroatoms. The first-order chi connectivity index (χ1) is 15.6. The summed E-state index contributed by atoms with van der Waals surface area (Å²) in [5, 5.41) is 0. The minimum Gasteiger partial charge on any atom is -0.486 e. The van der Waals surface area contributed by atoms with E-state index in [1.807, 2.05) is 0 Å². The van der Waals surface area contributed by atoms with Crippen molar-refractivity contribution in [1.29, 1.82) is 0 Å². The van der Waals surface area contributed by atoms with Crippen molar-refractivity contribution in [1.82, 2.24) is 8.61 Å². The highest BCUT2D eigenvalue weighted by Crippen LogP contribution is 2.33. The molecule has 0 radical (unpaired) electrons. The Morgan fingerprint density at radius 1 is 0.848 bits per heavy atom. The number of benzene rings is 2. The molecule has 1 saturated heterocycles. The first-order valence-corrected chi connectivity index (χ1v) is 13.4. The number of fused-ring (bicyclic) bond motifs is 1. The third-order valence-electron chi connectivity index (χ3n) is 5.57. The molecule has 1 fully saturated rings. The van der Waals surface area contributed by atoms with Crippen LogP contribution in [-0.2, 0) is 26.5 Å². The molecule has 4 rings (SSSR count). The summed E-state index contributed by atoms with van der Waals surface area (Å²) < 4.78 is 94.0. The third-order valence-corrected chi connectivity index (χ3v) is 9.36. The molecular formula is C21H24F2N2O6S2. The van der Waals surface area contributed by atoms with Gasteiger partial charge in [-0.3, -0.25) is 0 Å². The molecule has 2 heterocycles. The fourth-order valence-corrected chi connectivity index (χ4v) is 6.86. The van der Waals surface area contributed by atoms with Crippen LogP contribution < -0.4 is 9.47 Å². The summed E-state index contributed by atoms with van der Waals surface area (Å²) in [5.41, 5.74) is -0.00380. The molecule has 8 nitrogen and oxygen atoms in total. The van der Waals surface area contributed by atoms with Gasteiger partial charge in [0.1, 0.15) is 29.7 Å². The van der Waals surface area contributed by atoms with E-state index < -0.39 is 36.6 Å². The highest BCUT2D eigenvalue weighted by molar-refractivity contribution is 7.89. The van der Waals surface area contributed by atoms with E-state index in [4.69, 9.17) is 9.47 Å². The van der Waals surface area contributed by atoms with Crippen LogP contribution in [0.25, 0.3) is 0 Å². The van der Waals surface area contributed by atoms with E-state index in [2.05, 4.69) is 0 Å². The summed E-state index contributed by atoms with van der Waals surface area (Å²) >= 11 is 0. The third kappa shape index (κ3) is 4.57. The molecule has 33 heavy (non-hydrogen) atoms. The highest BCUT2D eigenvalue weighted by atomic mass is 32.2. The van der Waals surface area contributed by atoms with Crippen LogP contribution in [0.1, 0.15) is 18.9 Å². The zero-order valence-electron chi connectivity index (χ0n) is 18.0. The highest BCUT2D eigenvalue weighted by Gasteiger charge is 2.36. The molecule has 0 bridgehead atoms. The Balaban J connectivity index is 1.53. The molecule has 0 aromatic heterocycles. The first kappa shape index (κ1) is 23.9. The number of hydrogen-bond donors (Lipinski definition) is 0. The second kappa shape index (κ2) is 9.16. The molecule has 2 aromatic rings. The molecular weight excluding hydrogens is 478 g/mol. The van der Waals surface area contributed by atoms with Crippen molar-refractivity contribution in [2.45, 2.75) is 29.6 Å². The number of rotatable bonds is 6. The molecule has 180 valence electrons. The molecule has 0 aliphatic carbocycles. The number of sulfonamides is 2. The summed E-state index contributed by atoms with van der Waals surface area (Å²) in [5.74, 6) is -1.02. The quantitative estimate of drug-likeness (QED) is 0.602. The molecule has 0 spiro atoms. The van der Waals surface area contributed by atoms with Crippen molar-refractivity contribution in [2.24, 2.45) is 0 Å². The van der Waals surface area contributed by atoms with Crippen molar-refractivity contribution < 1.29 is 35.1 Å². The number of halogens is 2. The van der Waals surface area contributed by atoms with Gasteiger partial charge < -0.3 is 9.47 Å². The van der Waals surface area contributed by atoms with E-state index in [0.29, 0.717) is 37.2 Å². The van der Waals surface area contributed by atoms with Gasteiger partial charge in [0, 0.05) is 32.2 Å². The Morgan fingerprint density at radius 3 is 2.09 bits per heavy atom. The van der Waals surface area contributed by atoms with Gasteiger partial charge in [0.2, 0.25) is 20.0 Å². The van der Waals surface area contributed by atoms with Gasteiger partial charge in [-0.05, 0) is 36.2 Å². The SMILES string of the molecule is CCCc1cc(F)cc(S(=O)(=O)N2CCN(S(=O)(=O)c3ccc4c(c3)OCCO4)CC2)c1F. The van der Waals surface area contributed by atoms with E-state index in [1.54, 1.807) is 6.92 Å². The molecule has 0 saturated carbocycles. The Bertz CT molecular complexity index is 1260. The van der Waals surface area contributed by atoms with E-state index in [0.717, 1.165) is 14.7 Å². The van der Waals surface area contributed by atoms with Crippen LogP contribution in [0.5, 0.6) is 11.5 Å². The standard InChI is InChI=1S/C21H24F2N2O6S2/c1-2-3-15-12-16(22)13-20(21(15)23)33(28,29)25-8-6-24(7-9-25)32(26,27)17-4-5-18-19(14-17)31-11-10-30-18/h4-5,12-14H,2-3,6-11H2,1H3. The summed E-state index contributed by atoms with van der Waals surface area (Å²) in [6, 6.07) is 5.97. The van der Waals surface area contributed by atoms with Crippen molar-refractivity contribution >= 4 is 20.0 Å². The van der Waals surface area contributed by atoms with Crippen molar-refractivity contribution in [3.05, 3.63) is 47.5 Å². The van der Waals surface area contributed by atoms with E-state index in [-0.39, 0.29) is 43.1 Å². The maximum Gasteiger partial charge on any atom is 0.246 e. The lowest BCUT2D eigenvalue weighted by molar-refractivity contribution is 0.171. The number of aryl methyl sites for hydroxylation is 1. The summed E-state index contributed by atoms with van der Waals surface area (Å²) in [6.45, 7) is 1.82. The molecule has 2 aliphatic heterocycles. The van der Waals surface area contributed by atoms with Crippen LogP contribution in [0.2, 0.25) is 0 Å². The van der Waals surface area contributed by atoms with E-state index >= 15 is 0 Å². The Morgan fingerprint density at radius 2 is 1.45 bits per heavy atom. The molecule has 0 amide bonds. The van der Waals surface area contributed by atoms with Gasteiger partial charge in [0.25, 0.3) is 0 Å². The number of ether oxygens (including phenoxy) is 2. The van der Waals surface area contributed by atoms with Crippen molar-refractivity contribution in [3.63, 3.8) is 0 Å². The van der Waals surface area contributed by atoms with Crippen LogP contribution in [-0.4, -0.2) is 64.8 Å². The normalized spacial score (nSPS) is 17.8. The molecule has 0 atom stereocenters. The predicted octanol–water partition coefficient (Wildman–Crippen LogP) is 2.38. The fourth-order valence-electron chi connectivity index (χ4n) is 3.88. The lowest BCUT2D eigenvalue weighted by Gasteiger charge is -2.33. The Hall–Kier alpha value is -2.28.